The number of amides is 1. The van der Waals surface area contributed by atoms with E-state index in [-0.39, 0.29) is 23.6 Å². The van der Waals surface area contributed by atoms with E-state index in [4.69, 9.17) is 14.2 Å². The van der Waals surface area contributed by atoms with E-state index in [1.54, 1.807) is 18.2 Å². The topological polar surface area (TPSA) is 120 Å². The summed E-state index contributed by atoms with van der Waals surface area (Å²) >= 11 is 0. The van der Waals surface area contributed by atoms with Gasteiger partial charge in [0.2, 0.25) is 0 Å². The zero-order valence-electron chi connectivity index (χ0n) is 18.0. The molecule has 10 nitrogen and oxygen atoms in total. The first-order valence-electron chi connectivity index (χ1n) is 10.2. The number of carbonyl (C=O) groups excluding carboxylic acids is 2. The highest BCUT2D eigenvalue weighted by Gasteiger charge is 2.22. The van der Waals surface area contributed by atoms with Gasteiger partial charge in [-0.25, -0.2) is 4.79 Å². The summed E-state index contributed by atoms with van der Waals surface area (Å²) in [5.41, 5.74) is 1.18. The monoisotopic (exact) mass is 443 g/mol. The molecule has 3 rings (SSSR count). The van der Waals surface area contributed by atoms with Crippen LogP contribution < -0.4 is 15.0 Å². The molecule has 32 heavy (non-hydrogen) atoms. The summed E-state index contributed by atoms with van der Waals surface area (Å²) in [4.78, 5) is 38.0. The third-order valence-electron chi connectivity index (χ3n) is 4.90. The van der Waals surface area contributed by atoms with E-state index in [2.05, 4.69) is 5.32 Å². The Hall–Kier alpha value is -3.66. The Morgan fingerprint density at radius 2 is 1.94 bits per heavy atom. The fraction of sp³-hybridized carbons (Fsp3) is 0.364. The summed E-state index contributed by atoms with van der Waals surface area (Å²) < 4.78 is 15.7. The zero-order chi connectivity index (χ0) is 23.1. The molecular weight excluding hydrogens is 418 g/mol. The molecule has 1 fully saturated rings. The van der Waals surface area contributed by atoms with Crippen molar-refractivity contribution in [1.29, 1.82) is 0 Å². The van der Waals surface area contributed by atoms with Gasteiger partial charge in [0, 0.05) is 30.4 Å². The van der Waals surface area contributed by atoms with Crippen LogP contribution in [0.4, 0.5) is 17.1 Å². The Bertz CT molecular complexity index is 1000. The largest absolute Gasteiger partial charge is 0.490 e. The fourth-order valence-corrected chi connectivity index (χ4v) is 3.31. The third kappa shape index (κ3) is 5.33. The molecule has 170 valence electrons. The number of nitrogens with one attached hydrogen (secondary N) is 1. The Labute approximate surface area is 185 Å². The molecular formula is C22H25N3O7. The van der Waals surface area contributed by atoms with Crippen molar-refractivity contribution >= 4 is 28.9 Å². The Morgan fingerprint density at radius 1 is 1.19 bits per heavy atom. The maximum Gasteiger partial charge on any atom is 0.340 e. The molecule has 0 aliphatic carbocycles. The molecule has 0 saturated carbocycles. The van der Waals surface area contributed by atoms with Gasteiger partial charge in [-0.05, 0) is 36.8 Å². The summed E-state index contributed by atoms with van der Waals surface area (Å²) in [5.74, 6) is -0.977. The summed E-state index contributed by atoms with van der Waals surface area (Å²) in [7, 11) is 1.32. The number of ether oxygens (including phenoxy) is 3. The number of carbonyl (C=O) groups is 2. The van der Waals surface area contributed by atoms with Crippen molar-refractivity contribution in [2.24, 2.45) is 0 Å². The Morgan fingerprint density at radius 3 is 2.59 bits per heavy atom. The molecule has 2 aromatic rings. The number of morpholine rings is 1. The average molecular weight is 443 g/mol. The number of nitro groups is 1. The van der Waals surface area contributed by atoms with Crippen molar-refractivity contribution in [3.63, 3.8) is 0 Å². The van der Waals surface area contributed by atoms with Gasteiger partial charge in [-0.15, -0.1) is 0 Å². The highest BCUT2D eigenvalue weighted by Crippen LogP contribution is 2.29. The quantitative estimate of drug-likeness (QED) is 0.375. The van der Waals surface area contributed by atoms with Crippen LogP contribution in [0, 0.1) is 10.1 Å². The molecule has 0 unspecified atom stereocenters. The van der Waals surface area contributed by atoms with Gasteiger partial charge < -0.3 is 24.4 Å². The van der Waals surface area contributed by atoms with Crippen molar-refractivity contribution in [2.75, 3.05) is 50.2 Å². The maximum absolute atomic E-state index is 12.7. The number of benzene rings is 2. The van der Waals surface area contributed by atoms with Crippen LogP contribution >= 0.6 is 0 Å². The number of nitro benzene ring substituents is 1. The van der Waals surface area contributed by atoms with Crippen LogP contribution in [0.5, 0.6) is 5.75 Å². The number of hydrogen-bond donors (Lipinski definition) is 1. The summed E-state index contributed by atoms with van der Waals surface area (Å²) in [6, 6.07) is 8.92. The van der Waals surface area contributed by atoms with Gasteiger partial charge in [-0.3, -0.25) is 14.9 Å². The molecule has 0 radical (unpaired) electrons. The lowest BCUT2D eigenvalue weighted by atomic mass is 10.1. The lowest BCUT2D eigenvalue weighted by molar-refractivity contribution is -0.385. The Balaban J connectivity index is 1.87. The predicted octanol–water partition coefficient (Wildman–Crippen LogP) is 3.26. The number of esters is 1. The smallest absolute Gasteiger partial charge is 0.340 e. The van der Waals surface area contributed by atoms with E-state index in [9.17, 15) is 19.7 Å². The first-order chi connectivity index (χ1) is 15.4. The van der Waals surface area contributed by atoms with E-state index in [1.807, 2.05) is 11.8 Å². The van der Waals surface area contributed by atoms with E-state index in [1.165, 1.54) is 19.2 Å². The van der Waals surface area contributed by atoms with Crippen LogP contribution in [-0.4, -0.2) is 56.8 Å². The standard InChI is InChI=1S/C22H25N3O7/c1-3-10-32-22(27)17-14-16(5-6-18(17)24-8-11-31-12-9-24)23-21(26)15-4-7-20(30-2)19(13-15)25(28)29/h4-7,13-14H,3,8-12H2,1-2H3,(H,23,26). The van der Waals surface area contributed by atoms with E-state index in [0.717, 1.165) is 6.07 Å². The van der Waals surface area contributed by atoms with Gasteiger partial charge >= 0.3 is 11.7 Å². The van der Waals surface area contributed by atoms with Crippen molar-refractivity contribution in [1.82, 2.24) is 0 Å². The normalized spacial score (nSPS) is 13.4. The minimum absolute atomic E-state index is 0.0577. The number of methoxy groups -OCH3 is 1. The molecule has 0 spiro atoms. The molecule has 0 bridgehead atoms. The highest BCUT2D eigenvalue weighted by molar-refractivity contribution is 6.06. The molecule has 0 atom stereocenters. The van der Waals surface area contributed by atoms with Gasteiger partial charge in [0.1, 0.15) is 0 Å². The minimum atomic E-state index is -0.616. The van der Waals surface area contributed by atoms with Crippen LogP contribution in [0.15, 0.2) is 36.4 Å². The second-order valence-electron chi connectivity index (χ2n) is 7.07. The highest BCUT2D eigenvalue weighted by atomic mass is 16.6. The second-order valence-corrected chi connectivity index (χ2v) is 7.07. The zero-order valence-corrected chi connectivity index (χ0v) is 18.0. The molecule has 2 aromatic carbocycles. The molecule has 1 aliphatic rings. The van der Waals surface area contributed by atoms with Crippen LogP contribution in [0.25, 0.3) is 0 Å². The van der Waals surface area contributed by atoms with Gasteiger partial charge in [0.05, 0.1) is 43.1 Å². The second kappa shape index (κ2) is 10.6. The van der Waals surface area contributed by atoms with Gasteiger partial charge in [0.25, 0.3) is 5.91 Å². The Kier molecular flexibility index (Phi) is 7.61. The van der Waals surface area contributed by atoms with E-state index in [0.29, 0.717) is 49.7 Å². The molecule has 1 amide bonds. The van der Waals surface area contributed by atoms with Crippen molar-refractivity contribution in [2.45, 2.75) is 13.3 Å². The molecule has 10 heteroatoms. The fourth-order valence-electron chi connectivity index (χ4n) is 3.31. The number of nitrogens with zero attached hydrogens (tertiary/aromatic N) is 2. The average Bonchev–Trinajstić information content (AvgIpc) is 2.82. The summed E-state index contributed by atoms with van der Waals surface area (Å²) in [6.07, 6.45) is 0.686. The van der Waals surface area contributed by atoms with Crippen LogP contribution in [0.1, 0.15) is 34.1 Å². The predicted molar refractivity (Wildman–Crippen MR) is 118 cm³/mol. The molecule has 1 N–H and O–H groups in total. The summed E-state index contributed by atoms with van der Waals surface area (Å²) in [6.45, 7) is 4.56. The lowest BCUT2D eigenvalue weighted by Gasteiger charge is -2.30. The first kappa shape index (κ1) is 23.0. The van der Waals surface area contributed by atoms with Crippen molar-refractivity contribution < 1.29 is 28.7 Å². The number of hydrogen-bond acceptors (Lipinski definition) is 8. The van der Waals surface area contributed by atoms with Crippen LogP contribution in [0.3, 0.4) is 0 Å². The van der Waals surface area contributed by atoms with Crippen molar-refractivity contribution in [3.05, 3.63) is 57.6 Å². The van der Waals surface area contributed by atoms with Crippen molar-refractivity contribution in [3.8, 4) is 5.75 Å². The van der Waals surface area contributed by atoms with Crippen LogP contribution in [-0.2, 0) is 9.47 Å². The van der Waals surface area contributed by atoms with E-state index >= 15 is 0 Å². The first-order valence-corrected chi connectivity index (χ1v) is 10.2. The molecule has 1 saturated heterocycles. The molecule has 1 heterocycles. The third-order valence-corrected chi connectivity index (χ3v) is 4.90. The minimum Gasteiger partial charge on any atom is -0.490 e. The molecule has 0 aromatic heterocycles. The van der Waals surface area contributed by atoms with E-state index < -0.39 is 16.8 Å². The van der Waals surface area contributed by atoms with Gasteiger partial charge in [-0.2, -0.15) is 0 Å². The lowest BCUT2D eigenvalue weighted by Crippen LogP contribution is -2.37. The number of anilines is 2. The summed E-state index contributed by atoms with van der Waals surface area (Å²) in [5, 5.41) is 13.9. The van der Waals surface area contributed by atoms with Crippen LogP contribution in [0.2, 0.25) is 0 Å². The van der Waals surface area contributed by atoms with Gasteiger partial charge in [0.15, 0.2) is 5.75 Å². The maximum atomic E-state index is 12.7. The SMILES string of the molecule is CCCOC(=O)c1cc(NC(=O)c2ccc(OC)c([N+](=O)[O-])c2)ccc1N1CCOCC1. The number of rotatable bonds is 8. The van der Waals surface area contributed by atoms with Gasteiger partial charge in [-0.1, -0.05) is 6.92 Å². The molecule has 1 aliphatic heterocycles.